The maximum Gasteiger partial charge on any atom is 1.00 e. The molecule has 31 heavy (non-hydrogen) atoms. The summed E-state index contributed by atoms with van der Waals surface area (Å²) in [6.45, 7) is -0.146. The number of carbonyl (C=O) groups excluding carboxylic acids is 2. The van der Waals surface area contributed by atoms with Crippen LogP contribution in [-0.4, -0.2) is 58.1 Å². The minimum absolute atomic E-state index is 0. The van der Waals surface area contributed by atoms with Crippen LogP contribution in [0.4, 0.5) is 0 Å². The molecule has 0 fully saturated rings. The van der Waals surface area contributed by atoms with Crippen molar-refractivity contribution in [1.82, 2.24) is 15.2 Å². The van der Waals surface area contributed by atoms with Gasteiger partial charge in [0.05, 0.1) is 7.11 Å². The van der Waals surface area contributed by atoms with Gasteiger partial charge < -0.3 is 26.6 Å². The van der Waals surface area contributed by atoms with Crippen LogP contribution < -0.4 is 39.6 Å². The van der Waals surface area contributed by atoms with E-state index < -0.39 is 29.9 Å². The molecule has 0 saturated carbocycles. The van der Waals surface area contributed by atoms with Crippen LogP contribution in [0.3, 0.4) is 0 Å². The van der Waals surface area contributed by atoms with Gasteiger partial charge in [0.1, 0.15) is 17.9 Å². The standard InChI is InChI=1S/C21H21N3O6.Na.H/c1-30-20-15(3-2-9-22-20)14-6-4-13(5-7-14)12-24-10-8-16(25)18(21(24)29)19(28)23-11-17(26)27;;/h2-7,9,25H,8,10-12H2,1H3,(H,23,28)(H,26,27);;/q;+1;-1. The second-order valence-electron chi connectivity index (χ2n) is 6.63. The zero-order valence-corrected chi connectivity index (χ0v) is 19.3. The molecular formula is C21H22N3NaO6. The summed E-state index contributed by atoms with van der Waals surface area (Å²) in [5.41, 5.74) is 2.16. The van der Waals surface area contributed by atoms with Crippen LogP contribution in [0, 0.1) is 0 Å². The van der Waals surface area contributed by atoms with Gasteiger partial charge in [-0.15, -0.1) is 0 Å². The third-order valence-electron chi connectivity index (χ3n) is 4.64. The number of pyridine rings is 1. The summed E-state index contributed by atoms with van der Waals surface area (Å²) in [6, 6.07) is 11.2. The Bertz CT molecular complexity index is 1010. The Morgan fingerprint density at radius 3 is 2.61 bits per heavy atom. The number of nitrogens with zero attached hydrogens (tertiary/aromatic N) is 2. The first-order valence-corrected chi connectivity index (χ1v) is 9.20. The fourth-order valence-corrected chi connectivity index (χ4v) is 3.16. The van der Waals surface area contributed by atoms with Gasteiger partial charge in [0, 0.05) is 31.3 Å². The van der Waals surface area contributed by atoms with Gasteiger partial charge in [0.15, 0.2) is 0 Å². The number of rotatable bonds is 7. The summed E-state index contributed by atoms with van der Waals surface area (Å²) in [6.07, 6.45) is 1.76. The Balaban J connectivity index is 0.00000256. The van der Waals surface area contributed by atoms with Gasteiger partial charge in [0.25, 0.3) is 11.8 Å². The van der Waals surface area contributed by atoms with Crippen LogP contribution in [-0.2, 0) is 20.9 Å². The Kier molecular flexibility index (Phi) is 8.61. The Labute approximate surface area is 202 Å². The van der Waals surface area contributed by atoms with Crippen molar-refractivity contribution in [3.63, 3.8) is 0 Å². The van der Waals surface area contributed by atoms with Crippen molar-refractivity contribution in [2.75, 3.05) is 20.2 Å². The zero-order chi connectivity index (χ0) is 21.7. The zero-order valence-electron chi connectivity index (χ0n) is 18.3. The average Bonchev–Trinajstić information content (AvgIpc) is 2.75. The van der Waals surface area contributed by atoms with Crippen molar-refractivity contribution in [2.45, 2.75) is 13.0 Å². The number of aliphatic hydroxyl groups is 1. The van der Waals surface area contributed by atoms with E-state index in [9.17, 15) is 19.5 Å². The predicted octanol–water partition coefficient (Wildman–Crippen LogP) is -1.38. The number of carboxylic acid groups (broad SMARTS) is 1. The number of amides is 2. The molecule has 0 unspecified atom stereocenters. The van der Waals surface area contributed by atoms with Crippen molar-refractivity contribution >= 4 is 17.8 Å². The van der Waals surface area contributed by atoms with E-state index in [0.717, 1.165) is 16.7 Å². The molecule has 1 aliphatic heterocycles. The molecule has 2 heterocycles. The first-order chi connectivity index (χ1) is 14.4. The van der Waals surface area contributed by atoms with Gasteiger partial charge in [-0.25, -0.2) is 4.98 Å². The van der Waals surface area contributed by atoms with Crippen LogP contribution >= 0.6 is 0 Å². The van der Waals surface area contributed by atoms with Gasteiger partial charge in [-0.1, -0.05) is 24.3 Å². The molecule has 3 rings (SSSR count). The van der Waals surface area contributed by atoms with Gasteiger partial charge in [-0.2, -0.15) is 0 Å². The summed E-state index contributed by atoms with van der Waals surface area (Å²) < 4.78 is 5.28. The number of hydrogen-bond acceptors (Lipinski definition) is 6. The molecule has 3 N–H and O–H groups in total. The number of carboxylic acids is 1. The molecule has 1 aliphatic rings. The molecule has 0 radical (unpaired) electrons. The number of aliphatic carboxylic acids is 1. The Morgan fingerprint density at radius 1 is 1.26 bits per heavy atom. The maximum absolute atomic E-state index is 12.7. The monoisotopic (exact) mass is 435 g/mol. The Hall–Kier alpha value is -2.88. The van der Waals surface area contributed by atoms with Gasteiger partial charge in [-0.05, 0) is 23.3 Å². The smallest absolute Gasteiger partial charge is 1.00 e. The summed E-state index contributed by atoms with van der Waals surface area (Å²) in [4.78, 5) is 41.0. The molecule has 0 bridgehead atoms. The van der Waals surface area contributed by atoms with E-state index in [2.05, 4.69) is 10.3 Å². The third-order valence-corrected chi connectivity index (χ3v) is 4.64. The van der Waals surface area contributed by atoms with Crippen LogP contribution in [0.1, 0.15) is 13.4 Å². The van der Waals surface area contributed by atoms with E-state index in [1.165, 1.54) is 4.90 Å². The number of aromatic nitrogens is 1. The normalized spacial score (nSPS) is 13.5. The topological polar surface area (TPSA) is 129 Å². The van der Waals surface area contributed by atoms with Crippen LogP contribution in [0.15, 0.2) is 53.9 Å². The fourth-order valence-electron chi connectivity index (χ4n) is 3.16. The third kappa shape index (κ3) is 5.84. The molecule has 1 aromatic carbocycles. The molecule has 0 saturated heterocycles. The number of methoxy groups -OCH3 is 1. The number of carbonyl (C=O) groups is 3. The largest absolute Gasteiger partial charge is 1.00 e. The second kappa shape index (κ2) is 10.9. The van der Waals surface area contributed by atoms with E-state index in [4.69, 9.17) is 9.84 Å². The Morgan fingerprint density at radius 2 is 1.97 bits per heavy atom. The first kappa shape index (κ1) is 24.4. The van der Waals surface area contributed by atoms with Gasteiger partial charge in [0.2, 0.25) is 5.88 Å². The molecule has 0 aliphatic carbocycles. The SMILES string of the molecule is COc1ncccc1-c1ccc(CN2CCC(O)=C(C(=O)NCC(=O)O)C2=O)cc1.[H-].[Na+]. The van der Waals surface area contributed by atoms with E-state index in [-0.39, 0.29) is 56.3 Å². The van der Waals surface area contributed by atoms with E-state index in [0.29, 0.717) is 5.88 Å². The summed E-state index contributed by atoms with van der Waals surface area (Å²) in [5, 5.41) is 20.8. The van der Waals surface area contributed by atoms with Crippen molar-refractivity contribution in [2.24, 2.45) is 0 Å². The number of benzene rings is 1. The first-order valence-electron chi connectivity index (χ1n) is 9.20. The van der Waals surface area contributed by atoms with Crippen molar-refractivity contribution < 1.29 is 60.3 Å². The fraction of sp³-hybridized carbons (Fsp3) is 0.238. The predicted molar refractivity (Wildman–Crippen MR) is 108 cm³/mol. The molecular weight excluding hydrogens is 413 g/mol. The summed E-state index contributed by atoms with van der Waals surface area (Å²) in [7, 11) is 1.55. The van der Waals surface area contributed by atoms with E-state index in [1.807, 2.05) is 36.4 Å². The minimum atomic E-state index is -1.24. The number of ether oxygens (including phenoxy) is 1. The quantitative estimate of drug-likeness (QED) is 0.361. The van der Waals surface area contributed by atoms with Crippen LogP contribution in [0.5, 0.6) is 5.88 Å². The molecule has 0 spiro atoms. The number of aliphatic hydroxyl groups excluding tert-OH is 1. The average molecular weight is 435 g/mol. The number of nitrogens with one attached hydrogen (secondary N) is 1. The molecule has 9 nitrogen and oxygen atoms in total. The van der Waals surface area contributed by atoms with Gasteiger partial charge in [-0.3, -0.25) is 14.4 Å². The molecule has 10 heteroatoms. The second-order valence-corrected chi connectivity index (χ2v) is 6.63. The summed E-state index contributed by atoms with van der Waals surface area (Å²) in [5.74, 6) is -2.61. The van der Waals surface area contributed by atoms with E-state index >= 15 is 0 Å². The molecule has 0 atom stereocenters. The minimum Gasteiger partial charge on any atom is -1.00 e. The number of hydrogen-bond donors (Lipinski definition) is 3. The van der Waals surface area contributed by atoms with Gasteiger partial charge >= 0.3 is 35.5 Å². The van der Waals surface area contributed by atoms with E-state index in [1.54, 1.807) is 13.3 Å². The van der Waals surface area contributed by atoms with Crippen molar-refractivity contribution in [3.05, 3.63) is 59.5 Å². The van der Waals surface area contributed by atoms with Crippen LogP contribution in [0.2, 0.25) is 0 Å². The summed E-state index contributed by atoms with van der Waals surface area (Å²) >= 11 is 0. The van der Waals surface area contributed by atoms with Crippen molar-refractivity contribution in [3.8, 4) is 17.0 Å². The van der Waals surface area contributed by atoms with Crippen molar-refractivity contribution in [1.29, 1.82) is 0 Å². The molecule has 1 aromatic heterocycles. The molecule has 2 amide bonds. The van der Waals surface area contributed by atoms with Crippen LogP contribution in [0.25, 0.3) is 11.1 Å². The molecule has 2 aromatic rings. The maximum atomic E-state index is 12.7. The molecule has 158 valence electrons.